The molecule has 8 heteroatoms. The molecule has 1 aliphatic heterocycles. The highest BCUT2D eigenvalue weighted by atomic mass is 32.2. The molecule has 2 aliphatic rings. The fourth-order valence-corrected chi connectivity index (χ4v) is 5.55. The summed E-state index contributed by atoms with van der Waals surface area (Å²) in [6.07, 6.45) is 6.50. The Morgan fingerprint density at radius 3 is 2.72 bits per heavy atom. The first-order valence-electron chi connectivity index (χ1n) is 9.11. The van der Waals surface area contributed by atoms with E-state index in [0.29, 0.717) is 11.2 Å². The molecular formula is C17H26N4O2S2. The first-order valence-corrected chi connectivity index (χ1v) is 10.8. The van der Waals surface area contributed by atoms with Gasteiger partial charge in [-0.25, -0.2) is 0 Å². The first-order chi connectivity index (χ1) is 12.0. The Hall–Kier alpha value is -1.15. The van der Waals surface area contributed by atoms with Crippen molar-refractivity contribution in [3.05, 3.63) is 0 Å². The van der Waals surface area contributed by atoms with Crippen LogP contribution in [0.5, 0.6) is 0 Å². The van der Waals surface area contributed by atoms with Crippen LogP contribution in [-0.4, -0.2) is 50.8 Å². The van der Waals surface area contributed by atoms with Gasteiger partial charge in [-0.05, 0) is 45.4 Å². The normalized spacial score (nSPS) is 21.9. The average Bonchev–Trinajstić information content (AvgIpc) is 3.33. The minimum Gasteiger partial charge on any atom is -0.339 e. The molecule has 6 nitrogen and oxygen atoms in total. The number of anilines is 1. The van der Waals surface area contributed by atoms with E-state index in [1.54, 1.807) is 11.8 Å². The molecule has 0 radical (unpaired) electrons. The highest BCUT2D eigenvalue weighted by molar-refractivity contribution is 8.02. The minimum absolute atomic E-state index is 0.0124. The van der Waals surface area contributed by atoms with Gasteiger partial charge in [0.15, 0.2) is 4.34 Å². The second-order valence-electron chi connectivity index (χ2n) is 6.82. The lowest BCUT2D eigenvalue weighted by atomic mass is 10.00. The van der Waals surface area contributed by atoms with E-state index in [2.05, 4.69) is 22.0 Å². The van der Waals surface area contributed by atoms with Gasteiger partial charge in [0, 0.05) is 25.6 Å². The number of nitrogens with zero attached hydrogens (tertiary/aromatic N) is 4. The molecule has 0 aromatic carbocycles. The Labute approximate surface area is 157 Å². The van der Waals surface area contributed by atoms with Gasteiger partial charge in [0.2, 0.25) is 16.9 Å². The van der Waals surface area contributed by atoms with Crippen LogP contribution in [0.2, 0.25) is 0 Å². The van der Waals surface area contributed by atoms with Gasteiger partial charge < -0.3 is 4.90 Å². The van der Waals surface area contributed by atoms with Crippen LogP contribution in [0, 0.1) is 0 Å². The molecule has 2 amide bonds. The van der Waals surface area contributed by atoms with E-state index in [1.807, 2.05) is 6.92 Å². The SMILES string of the molecule is CCC1CCCCN1C(=O)C(C)Sc1nnc(N(C(C)=O)C2CC2)s1. The zero-order valence-electron chi connectivity index (χ0n) is 15.1. The van der Waals surface area contributed by atoms with Crippen molar-refractivity contribution in [3.8, 4) is 0 Å². The van der Waals surface area contributed by atoms with Crippen LogP contribution >= 0.6 is 23.1 Å². The standard InChI is InChI=1S/C17H26N4O2S2/c1-4-13-7-5-6-10-20(13)15(23)11(2)24-17-19-18-16(25-17)21(12(3)22)14-8-9-14/h11,13-14H,4-10H2,1-3H3. The number of hydrogen-bond donors (Lipinski definition) is 0. The van der Waals surface area contributed by atoms with E-state index in [1.165, 1.54) is 29.5 Å². The summed E-state index contributed by atoms with van der Waals surface area (Å²) >= 11 is 2.87. The van der Waals surface area contributed by atoms with Crippen molar-refractivity contribution in [1.29, 1.82) is 0 Å². The molecule has 0 spiro atoms. The van der Waals surface area contributed by atoms with Gasteiger partial charge in [0.25, 0.3) is 0 Å². The number of rotatable bonds is 6. The fraction of sp³-hybridized carbons (Fsp3) is 0.765. The van der Waals surface area contributed by atoms with E-state index in [4.69, 9.17) is 0 Å². The second kappa shape index (κ2) is 8.03. The van der Waals surface area contributed by atoms with Crippen molar-refractivity contribution in [2.75, 3.05) is 11.4 Å². The summed E-state index contributed by atoms with van der Waals surface area (Å²) in [5.74, 6) is 0.206. The molecule has 2 atom stereocenters. The highest BCUT2D eigenvalue weighted by Gasteiger charge is 2.35. The van der Waals surface area contributed by atoms with Crippen LogP contribution in [0.15, 0.2) is 4.34 Å². The molecule has 138 valence electrons. The summed E-state index contributed by atoms with van der Waals surface area (Å²) in [7, 11) is 0. The summed E-state index contributed by atoms with van der Waals surface area (Å²) in [4.78, 5) is 28.5. The van der Waals surface area contributed by atoms with Gasteiger partial charge in [-0.3, -0.25) is 14.5 Å². The average molecular weight is 383 g/mol. The van der Waals surface area contributed by atoms with E-state index in [9.17, 15) is 9.59 Å². The van der Waals surface area contributed by atoms with Gasteiger partial charge in [-0.15, -0.1) is 10.2 Å². The summed E-state index contributed by atoms with van der Waals surface area (Å²) in [6, 6.07) is 0.651. The third kappa shape index (κ3) is 4.34. The molecule has 0 N–H and O–H groups in total. The van der Waals surface area contributed by atoms with Gasteiger partial charge in [0.05, 0.1) is 5.25 Å². The summed E-state index contributed by atoms with van der Waals surface area (Å²) in [6.45, 7) is 6.53. The third-order valence-electron chi connectivity index (χ3n) is 4.86. The molecule has 1 aliphatic carbocycles. The number of carbonyl (C=O) groups is 2. The molecule has 1 aromatic heterocycles. The maximum atomic E-state index is 12.8. The fourth-order valence-electron chi connectivity index (χ4n) is 3.38. The van der Waals surface area contributed by atoms with E-state index < -0.39 is 0 Å². The number of aromatic nitrogens is 2. The quantitative estimate of drug-likeness (QED) is 0.558. The van der Waals surface area contributed by atoms with Crippen molar-refractivity contribution < 1.29 is 9.59 Å². The molecule has 2 heterocycles. The van der Waals surface area contributed by atoms with E-state index in [-0.39, 0.29) is 23.1 Å². The maximum absolute atomic E-state index is 12.8. The molecule has 1 aromatic rings. The molecule has 3 rings (SSSR count). The Bertz CT molecular complexity index is 632. The molecule has 0 bridgehead atoms. The largest absolute Gasteiger partial charge is 0.339 e. The number of amides is 2. The van der Waals surface area contributed by atoms with Crippen molar-refractivity contribution in [1.82, 2.24) is 15.1 Å². The lowest BCUT2D eigenvalue weighted by Crippen LogP contribution is -2.46. The van der Waals surface area contributed by atoms with Crippen molar-refractivity contribution in [3.63, 3.8) is 0 Å². The Kier molecular flexibility index (Phi) is 5.99. The van der Waals surface area contributed by atoms with Crippen LogP contribution in [0.25, 0.3) is 0 Å². The van der Waals surface area contributed by atoms with Crippen LogP contribution in [0.4, 0.5) is 5.13 Å². The molecule has 1 saturated heterocycles. The van der Waals surface area contributed by atoms with E-state index in [0.717, 1.165) is 43.0 Å². The van der Waals surface area contributed by atoms with Crippen molar-refractivity contribution in [2.45, 2.75) is 81.0 Å². The summed E-state index contributed by atoms with van der Waals surface area (Å²) in [5.41, 5.74) is 0. The van der Waals surface area contributed by atoms with Gasteiger partial charge >= 0.3 is 0 Å². The number of carbonyl (C=O) groups excluding carboxylic acids is 2. The lowest BCUT2D eigenvalue weighted by molar-refractivity contribution is -0.134. The predicted octanol–water partition coefficient (Wildman–Crippen LogP) is 3.33. The summed E-state index contributed by atoms with van der Waals surface area (Å²) < 4.78 is 0.757. The Balaban J connectivity index is 1.63. The zero-order chi connectivity index (χ0) is 18.0. The number of piperidine rings is 1. The Morgan fingerprint density at radius 2 is 2.08 bits per heavy atom. The van der Waals surface area contributed by atoms with Crippen LogP contribution < -0.4 is 4.90 Å². The molecule has 1 saturated carbocycles. The first kappa shape index (κ1) is 18.6. The number of thioether (sulfide) groups is 1. The van der Waals surface area contributed by atoms with Crippen molar-refractivity contribution in [2.24, 2.45) is 0 Å². The minimum atomic E-state index is -0.181. The second-order valence-corrected chi connectivity index (χ2v) is 9.36. The molecule has 2 fully saturated rings. The number of likely N-dealkylation sites (tertiary alicyclic amines) is 1. The topological polar surface area (TPSA) is 66.4 Å². The molecular weight excluding hydrogens is 356 g/mol. The monoisotopic (exact) mass is 382 g/mol. The Morgan fingerprint density at radius 1 is 1.32 bits per heavy atom. The highest BCUT2D eigenvalue weighted by Crippen LogP contribution is 2.37. The predicted molar refractivity (Wildman–Crippen MR) is 101 cm³/mol. The van der Waals surface area contributed by atoms with E-state index >= 15 is 0 Å². The number of hydrogen-bond acceptors (Lipinski definition) is 6. The summed E-state index contributed by atoms with van der Waals surface area (Å²) in [5, 5.41) is 8.86. The zero-order valence-corrected chi connectivity index (χ0v) is 16.7. The van der Waals surface area contributed by atoms with Crippen LogP contribution in [0.3, 0.4) is 0 Å². The third-order valence-corrected chi connectivity index (χ3v) is 6.95. The maximum Gasteiger partial charge on any atom is 0.236 e. The van der Waals surface area contributed by atoms with Gasteiger partial charge in [0.1, 0.15) is 0 Å². The van der Waals surface area contributed by atoms with Crippen LogP contribution in [0.1, 0.15) is 59.3 Å². The van der Waals surface area contributed by atoms with Crippen LogP contribution in [-0.2, 0) is 9.59 Å². The molecule has 25 heavy (non-hydrogen) atoms. The van der Waals surface area contributed by atoms with Gasteiger partial charge in [-0.2, -0.15) is 0 Å². The smallest absolute Gasteiger partial charge is 0.236 e. The van der Waals surface area contributed by atoms with Crippen molar-refractivity contribution >= 4 is 40.0 Å². The van der Waals surface area contributed by atoms with Gasteiger partial charge in [-0.1, -0.05) is 30.0 Å². The molecule has 2 unspecified atom stereocenters. The lowest BCUT2D eigenvalue weighted by Gasteiger charge is -2.36.